The van der Waals surface area contributed by atoms with E-state index >= 15 is 0 Å². The van der Waals surface area contributed by atoms with Crippen molar-refractivity contribution in [2.75, 3.05) is 0 Å². The number of alkyl halides is 1. The number of aryl methyl sites for hydroxylation is 2. The van der Waals surface area contributed by atoms with Crippen LogP contribution in [0.15, 0.2) is 18.2 Å². The summed E-state index contributed by atoms with van der Waals surface area (Å²) in [4.78, 5) is 0. The van der Waals surface area contributed by atoms with Gasteiger partial charge in [-0.2, -0.15) is 5.10 Å². The maximum absolute atomic E-state index is 6.23. The Kier molecular flexibility index (Phi) is 5.19. The van der Waals surface area contributed by atoms with Crippen molar-refractivity contribution in [2.45, 2.75) is 32.9 Å². The van der Waals surface area contributed by atoms with Crippen LogP contribution < -0.4 is 4.74 Å². The van der Waals surface area contributed by atoms with Crippen LogP contribution in [0.5, 0.6) is 5.75 Å². The first-order chi connectivity index (χ1) is 9.56. The second-order valence-corrected chi connectivity index (χ2v) is 5.40. The monoisotopic (exact) mass is 332 g/mol. The summed E-state index contributed by atoms with van der Waals surface area (Å²) in [6.45, 7) is 4.95. The summed E-state index contributed by atoms with van der Waals surface area (Å²) in [6.07, 6.45) is 0. The van der Waals surface area contributed by atoms with Crippen LogP contribution in [0, 0.1) is 6.92 Å². The fraction of sp³-hybridized carbons (Fsp3) is 0.357. The molecule has 0 N–H and O–H groups in total. The van der Waals surface area contributed by atoms with Crippen LogP contribution >= 0.6 is 34.8 Å². The number of hydrogen-bond donors (Lipinski definition) is 0. The molecule has 0 unspecified atom stereocenters. The zero-order valence-electron chi connectivity index (χ0n) is 11.3. The number of nitrogens with zero attached hydrogens (tertiary/aromatic N) is 2. The lowest BCUT2D eigenvalue weighted by Gasteiger charge is -2.10. The Morgan fingerprint density at radius 1 is 1.30 bits per heavy atom. The summed E-state index contributed by atoms with van der Waals surface area (Å²) >= 11 is 18.1. The molecule has 0 spiro atoms. The van der Waals surface area contributed by atoms with Crippen LogP contribution in [0.3, 0.4) is 0 Å². The normalized spacial score (nSPS) is 10.8. The van der Waals surface area contributed by atoms with Crippen molar-refractivity contribution in [1.82, 2.24) is 9.78 Å². The van der Waals surface area contributed by atoms with Crippen molar-refractivity contribution in [3.63, 3.8) is 0 Å². The summed E-state index contributed by atoms with van der Waals surface area (Å²) < 4.78 is 7.57. The minimum absolute atomic E-state index is 0.327. The van der Waals surface area contributed by atoms with Gasteiger partial charge in [0.1, 0.15) is 12.4 Å². The zero-order chi connectivity index (χ0) is 14.7. The Bertz CT molecular complexity index is 611. The van der Waals surface area contributed by atoms with Gasteiger partial charge in [0.2, 0.25) is 0 Å². The highest BCUT2D eigenvalue weighted by molar-refractivity contribution is 6.32. The van der Waals surface area contributed by atoms with Gasteiger partial charge in [0.25, 0.3) is 0 Å². The average molecular weight is 334 g/mol. The molecule has 1 aromatic carbocycles. The maximum Gasteiger partial charge on any atom is 0.138 e. The van der Waals surface area contributed by atoms with E-state index in [4.69, 9.17) is 39.5 Å². The van der Waals surface area contributed by atoms with Gasteiger partial charge in [-0.3, -0.25) is 4.68 Å². The van der Waals surface area contributed by atoms with Crippen LogP contribution in [-0.4, -0.2) is 9.78 Å². The van der Waals surface area contributed by atoms with E-state index in [1.165, 1.54) is 0 Å². The first-order valence-corrected chi connectivity index (χ1v) is 7.54. The third kappa shape index (κ3) is 3.22. The smallest absolute Gasteiger partial charge is 0.138 e. The minimum atomic E-state index is 0.327. The number of halogens is 3. The molecule has 0 aliphatic rings. The molecular formula is C14H15Cl3N2O. The van der Waals surface area contributed by atoms with Gasteiger partial charge in [-0.15, -0.1) is 11.6 Å². The highest BCUT2D eigenvalue weighted by atomic mass is 35.5. The van der Waals surface area contributed by atoms with Crippen LogP contribution in [-0.2, 0) is 19.0 Å². The van der Waals surface area contributed by atoms with Crippen molar-refractivity contribution in [3.8, 4) is 5.75 Å². The molecule has 0 radical (unpaired) electrons. The molecule has 0 amide bonds. The van der Waals surface area contributed by atoms with Crippen LogP contribution in [0.25, 0.3) is 0 Å². The SMILES string of the molecule is CCn1nc(C)c(Cl)c1COc1ccc(CCl)cc1Cl. The van der Waals surface area contributed by atoms with E-state index in [1.54, 1.807) is 6.07 Å². The van der Waals surface area contributed by atoms with E-state index in [0.717, 1.165) is 23.5 Å². The Balaban J connectivity index is 2.17. The molecule has 0 saturated carbocycles. The number of aromatic nitrogens is 2. The third-order valence-corrected chi connectivity index (χ3v) is 4.06. The molecule has 2 rings (SSSR count). The molecule has 0 aliphatic carbocycles. The van der Waals surface area contributed by atoms with E-state index < -0.39 is 0 Å². The Morgan fingerprint density at radius 2 is 2.05 bits per heavy atom. The molecule has 108 valence electrons. The number of benzene rings is 1. The number of hydrogen-bond acceptors (Lipinski definition) is 2. The van der Waals surface area contributed by atoms with E-state index in [2.05, 4.69) is 5.10 Å². The highest BCUT2D eigenvalue weighted by Crippen LogP contribution is 2.28. The maximum atomic E-state index is 6.23. The van der Waals surface area contributed by atoms with Gasteiger partial charge in [0.05, 0.1) is 21.4 Å². The van der Waals surface area contributed by atoms with E-state index in [1.807, 2.05) is 30.7 Å². The summed E-state index contributed by atoms with van der Waals surface area (Å²) in [5.74, 6) is 1.03. The average Bonchev–Trinajstić information content (AvgIpc) is 2.73. The number of rotatable bonds is 5. The molecule has 1 aromatic heterocycles. The molecule has 2 aromatic rings. The standard InChI is InChI=1S/C14H15Cl3N2O/c1-3-19-12(14(17)9(2)18-19)8-20-13-5-4-10(7-15)6-11(13)16/h4-6H,3,7-8H2,1-2H3. The summed E-state index contributed by atoms with van der Waals surface area (Å²) in [5, 5.41) is 5.52. The molecule has 6 heteroatoms. The lowest BCUT2D eigenvalue weighted by Crippen LogP contribution is -2.06. The molecule has 1 heterocycles. The van der Waals surface area contributed by atoms with Gasteiger partial charge in [-0.1, -0.05) is 29.3 Å². The Hall–Kier alpha value is -0.900. The topological polar surface area (TPSA) is 27.1 Å². The van der Waals surface area contributed by atoms with Crippen molar-refractivity contribution < 1.29 is 4.74 Å². The van der Waals surface area contributed by atoms with Gasteiger partial charge in [-0.25, -0.2) is 0 Å². The largest absolute Gasteiger partial charge is 0.486 e. The van der Waals surface area contributed by atoms with E-state index in [-0.39, 0.29) is 0 Å². The second kappa shape index (κ2) is 6.70. The molecule has 0 saturated heterocycles. The van der Waals surface area contributed by atoms with Gasteiger partial charge in [0, 0.05) is 12.4 Å². The fourth-order valence-corrected chi connectivity index (χ4v) is 2.51. The molecular weight excluding hydrogens is 319 g/mol. The molecule has 3 nitrogen and oxygen atoms in total. The van der Waals surface area contributed by atoms with Crippen LogP contribution in [0.2, 0.25) is 10.0 Å². The van der Waals surface area contributed by atoms with E-state index in [0.29, 0.717) is 28.3 Å². The minimum Gasteiger partial charge on any atom is -0.486 e. The van der Waals surface area contributed by atoms with Crippen molar-refractivity contribution >= 4 is 34.8 Å². The summed E-state index contributed by atoms with van der Waals surface area (Å²) in [6, 6.07) is 5.50. The van der Waals surface area contributed by atoms with Gasteiger partial charge in [0.15, 0.2) is 0 Å². The Labute approximate surface area is 133 Å². The van der Waals surface area contributed by atoms with Crippen molar-refractivity contribution in [3.05, 3.63) is 45.2 Å². The summed E-state index contributed by atoms with van der Waals surface area (Å²) in [5.41, 5.74) is 2.61. The first kappa shape index (κ1) is 15.5. The van der Waals surface area contributed by atoms with Crippen LogP contribution in [0.4, 0.5) is 0 Å². The fourth-order valence-electron chi connectivity index (χ4n) is 1.90. The Morgan fingerprint density at radius 3 is 2.65 bits per heavy atom. The van der Waals surface area contributed by atoms with Crippen molar-refractivity contribution in [2.24, 2.45) is 0 Å². The van der Waals surface area contributed by atoms with Crippen LogP contribution in [0.1, 0.15) is 23.9 Å². The van der Waals surface area contributed by atoms with E-state index in [9.17, 15) is 0 Å². The van der Waals surface area contributed by atoms with Gasteiger partial charge >= 0.3 is 0 Å². The van der Waals surface area contributed by atoms with Gasteiger partial charge in [-0.05, 0) is 31.5 Å². The first-order valence-electron chi connectivity index (χ1n) is 6.25. The lowest BCUT2D eigenvalue weighted by atomic mass is 10.2. The molecule has 0 aliphatic heterocycles. The lowest BCUT2D eigenvalue weighted by molar-refractivity contribution is 0.292. The highest BCUT2D eigenvalue weighted by Gasteiger charge is 2.13. The quantitative estimate of drug-likeness (QED) is 0.732. The number of ether oxygens (including phenoxy) is 1. The molecule has 0 atom stereocenters. The molecule has 0 fully saturated rings. The zero-order valence-corrected chi connectivity index (χ0v) is 13.6. The predicted molar refractivity (Wildman–Crippen MR) is 83.0 cm³/mol. The third-order valence-electron chi connectivity index (χ3n) is 2.97. The summed E-state index contributed by atoms with van der Waals surface area (Å²) in [7, 11) is 0. The predicted octanol–water partition coefficient (Wildman–Crippen LogP) is 4.84. The second-order valence-electron chi connectivity index (χ2n) is 4.35. The molecule has 20 heavy (non-hydrogen) atoms. The van der Waals surface area contributed by atoms with Crippen molar-refractivity contribution in [1.29, 1.82) is 0 Å². The van der Waals surface area contributed by atoms with Gasteiger partial charge < -0.3 is 4.74 Å². The molecule has 0 bridgehead atoms.